The minimum Gasteiger partial charge on any atom is -0.461 e. The molecule has 0 heterocycles. The number of amides is 1. The lowest BCUT2D eigenvalue weighted by molar-refractivity contribution is -0.151. The molecule has 0 bridgehead atoms. The maximum absolute atomic E-state index is 12.6. The number of carbonyl (C=O) groups is 2. The Labute approximate surface area is 152 Å². The summed E-state index contributed by atoms with van der Waals surface area (Å²) in [4.78, 5) is 24.7. The molecule has 2 atom stereocenters. The summed E-state index contributed by atoms with van der Waals surface area (Å²) in [7, 11) is 0. The molecule has 4 nitrogen and oxygen atoms in total. The van der Waals surface area contributed by atoms with Crippen molar-refractivity contribution >= 4 is 49.4 Å². The number of allylic oxidation sites excluding steroid dienone is 2. The summed E-state index contributed by atoms with van der Waals surface area (Å²) in [5.41, 5.74) is 0.670. The lowest BCUT2D eigenvalue weighted by Gasteiger charge is -2.26. The molecule has 0 radical (unpaired) electrons. The minimum atomic E-state index is -0.462. The number of hydrogen-bond donors (Lipinski definition) is 1. The second kappa shape index (κ2) is 8.45. The zero-order valence-corrected chi connectivity index (χ0v) is 15.6. The second-order valence-corrected chi connectivity index (χ2v) is 7.05. The lowest BCUT2D eigenvalue weighted by Crippen LogP contribution is -2.35. The molecular weight excluding hydrogens is 426 g/mol. The van der Waals surface area contributed by atoms with Crippen LogP contribution in [0.25, 0.3) is 0 Å². The molecule has 1 amide bonds. The molecule has 1 aliphatic rings. The van der Waals surface area contributed by atoms with Crippen molar-refractivity contribution in [1.29, 1.82) is 0 Å². The van der Waals surface area contributed by atoms with Gasteiger partial charge in [-0.3, -0.25) is 9.59 Å². The van der Waals surface area contributed by atoms with Crippen LogP contribution in [-0.2, 0) is 14.3 Å². The van der Waals surface area contributed by atoms with Crippen LogP contribution < -0.4 is 5.32 Å². The van der Waals surface area contributed by atoms with Crippen LogP contribution in [0.2, 0.25) is 0 Å². The van der Waals surface area contributed by atoms with Gasteiger partial charge in [-0.2, -0.15) is 0 Å². The Bertz CT molecular complexity index is 622. The molecular formula is C17H17Br2NO3. The van der Waals surface area contributed by atoms with Gasteiger partial charge in [0.25, 0.3) is 0 Å². The third-order valence-electron chi connectivity index (χ3n) is 3.55. The molecule has 1 aromatic rings. The topological polar surface area (TPSA) is 55.4 Å². The first-order valence-corrected chi connectivity index (χ1v) is 8.79. The first-order valence-electron chi connectivity index (χ1n) is 7.20. The molecule has 0 saturated carbocycles. The molecule has 1 aromatic carbocycles. The van der Waals surface area contributed by atoms with Crippen LogP contribution in [0.5, 0.6) is 0 Å². The fourth-order valence-corrected chi connectivity index (χ4v) is 3.77. The number of ether oxygens (including phenoxy) is 1. The summed E-state index contributed by atoms with van der Waals surface area (Å²) >= 11 is 6.77. The first kappa shape index (κ1) is 17.9. The van der Waals surface area contributed by atoms with E-state index >= 15 is 0 Å². The molecule has 0 aliphatic heterocycles. The normalized spacial score (nSPS) is 19.9. The highest BCUT2D eigenvalue weighted by Gasteiger charge is 2.35. The summed E-state index contributed by atoms with van der Waals surface area (Å²) in [6.45, 7) is 3.68. The van der Waals surface area contributed by atoms with Crippen molar-refractivity contribution in [1.82, 2.24) is 0 Å². The zero-order valence-electron chi connectivity index (χ0n) is 12.4. The molecule has 0 spiro atoms. The maximum Gasteiger partial charge on any atom is 0.310 e. The summed E-state index contributed by atoms with van der Waals surface area (Å²) in [6, 6.07) is 5.51. The highest BCUT2D eigenvalue weighted by atomic mass is 79.9. The maximum atomic E-state index is 12.6. The SMILES string of the molecule is C=CCOC(=O)C1CC=CCC1C(=O)Nc1cc(Br)cc(Br)c1. The average Bonchev–Trinajstić information content (AvgIpc) is 2.51. The minimum absolute atomic E-state index is 0.159. The number of hydrogen-bond acceptors (Lipinski definition) is 3. The van der Waals surface area contributed by atoms with Gasteiger partial charge >= 0.3 is 5.97 Å². The van der Waals surface area contributed by atoms with E-state index in [0.29, 0.717) is 18.5 Å². The van der Waals surface area contributed by atoms with Crippen molar-refractivity contribution in [3.8, 4) is 0 Å². The molecule has 0 aromatic heterocycles. The van der Waals surface area contributed by atoms with E-state index in [1.54, 1.807) is 0 Å². The average molecular weight is 443 g/mol. The molecule has 1 N–H and O–H groups in total. The Morgan fingerprint density at radius 3 is 2.39 bits per heavy atom. The third kappa shape index (κ3) is 5.04. The van der Waals surface area contributed by atoms with Crippen LogP contribution in [0.3, 0.4) is 0 Å². The quantitative estimate of drug-likeness (QED) is 0.540. The van der Waals surface area contributed by atoms with Gasteiger partial charge in [0.05, 0.1) is 11.8 Å². The summed E-state index contributed by atoms with van der Waals surface area (Å²) in [6.07, 6.45) is 6.40. The summed E-state index contributed by atoms with van der Waals surface area (Å²) < 4.78 is 6.82. The Balaban J connectivity index is 2.10. The predicted molar refractivity (Wildman–Crippen MR) is 97.0 cm³/mol. The van der Waals surface area contributed by atoms with Gasteiger partial charge in [-0.05, 0) is 31.0 Å². The van der Waals surface area contributed by atoms with Crippen molar-refractivity contribution in [2.24, 2.45) is 11.8 Å². The molecule has 1 aliphatic carbocycles. The van der Waals surface area contributed by atoms with Crippen molar-refractivity contribution < 1.29 is 14.3 Å². The summed E-state index contributed by atoms with van der Waals surface area (Å²) in [5, 5.41) is 2.87. The van der Waals surface area contributed by atoms with E-state index in [9.17, 15) is 9.59 Å². The number of nitrogens with one attached hydrogen (secondary N) is 1. The molecule has 6 heteroatoms. The Hall–Kier alpha value is -1.40. The number of halogens is 2. The Morgan fingerprint density at radius 1 is 1.17 bits per heavy atom. The number of anilines is 1. The van der Waals surface area contributed by atoms with Crippen molar-refractivity contribution in [3.05, 3.63) is 52.0 Å². The fraction of sp³-hybridized carbons (Fsp3) is 0.294. The van der Waals surface area contributed by atoms with E-state index in [1.165, 1.54) is 6.08 Å². The summed E-state index contributed by atoms with van der Waals surface area (Å²) in [5.74, 6) is -1.43. The van der Waals surface area contributed by atoms with E-state index in [-0.39, 0.29) is 18.5 Å². The van der Waals surface area contributed by atoms with E-state index in [1.807, 2.05) is 30.4 Å². The van der Waals surface area contributed by atoms with E-state index < -0.39 is 11.8 Å². The van der Waals surface area contributed by atoms with Crippen molar-refractivity contribution in [2.45, 2.75) is 12.8 Å². The van der Waals surface area contributed by atoms with Gasteiger partial charge < -0.3 is 10.1 Å². The van der Waals surface area contributed by atoms with Gasteiger partial charge in [-0.1, -0.05) is 56.7 Å². The number of carbonyl (C=O) groups excluding carboxylic acids is 2. The molecule has 23 heavy (non-hydrogen) atoms. The van der Waals surface area contributed by atoms with Crippen LogP contribution in [0.4, 0.5) is 5.69 Å². The van der Waals surface area contributed by atoms with Gasteiger partial charge in [-0.25, -0.2) is 0 Å². The van der Waals surface area contributed by atoms with Crippen molar-refractivity contribution in [2.75, 3.05) is 11.9 Å². The standard InChI is InChI=1S/C17H17Br2NO3/c1-2-7-23-17(22)15-6-4-3-5-14(15)16(21)20-13-9-11(18)8-12(19)10-13/h2-4,8-10,14-15H,1,5-7H2,(H,20,21). The van der Waals surface area contributed by atoms with Gasteiger partial charge in [-0.15, -0.1) is 0 Å². The molecule has 2 unspecified atom stereocenters. The number of rotatable bonds is 5. The smallest absolute Gasteiger partial charge is 0.310 e. The number of esters is 1. The lowest BCUT2D eigenvalue weighted by atomic mass is 9.82. The molecule has 2 rings (SSSR count). The highest BCUT2D eigenvalue weighted by Crippen LogP contribution is 2.29. The highest BCUT2D eigenvalue weighted by molar-refractivity contribution is 9.11. The van der Waals surface area contributed by atoms with Crippen LogP contribution in [0, 0.1) is 11.8 Å². The Kier molecular flexibility index (Phi) is 6.59. The van der Waals surface area contributed by atoms with E-state index in [2.05, 4.69) is 43.8 Å². The van der Waals surface area contributed by atoms with Crippen molar-refractivity contribution in [3.63, 3.8) is 0 Å². The van der Waals surface area contributed by atoms with Gasteiger partial charge in [0.15, 0.2) is 0 Å². The fourth-order valence-electron chi connectivity index (χ4n) is 2.47. The third-order valence-corrected chi connectivity index (χ3v) is 4.46. The van der Waals surface area contributed by atoms with Crippen LogP contribution >= 0.6 is 31.9 Å². The van der Waals surface area contributed by atoms with Crippen LogP contribution in [0.15, 0.2) is 52.0 Å². The predicted octanol–water partition coefficient (Wildman–Crippen LogP) is 4.46. The largest absolute Gasteiger partial charge is 0.461 e. The van der Waals surface area contributed by atoms with E-state index in [0.717, 1.165) is 8.95 Å². The zero-order chi connectivity index (χ0) is 16.8. The van der Waals surface area contributed by atoms with E-state index in [4.69, 9.17) is 4.74 Å². The number of benzene rings is 1. The molecule has 0 saturated heterocycles. The Morgan fingerprint density at radius 2 is 1.78 bits per heavy atom. The first-order chi connectivity index (χ1) is 11.0. The van der Waals surface area contributed by atoms with Gasteiger partial charge in [0.2, 0.25) is 5.91 Å². The van der Waals surface area contributed by atoms with Gasteiger partial charge in [0, 0.05) is 14.6 Å². The molecule has 0 fully saturated rings. The monoisotopic (exact) mass is 441 g/mol. The molecule has 122 valence electrons. The van der Waals surface area contributed by atoms with Crippen LogP contribution in [0.1, 0.15) is 12.8 Å². The second-order valence-electron chi connectivity index (χ2n) is 5.22. The van der Waals surface area contributed by atoms with Gasteiger partial charge in [0.1, 0.15) is 6.61 Å². The van der Waals surface area contributed by atoms with Crippen LogP contribution in [-0.4, -0.2) is 18.5 Å².